The Bertz CT molecular complexity index is 482. The molecule has 0 spiro atoms. The van der Waals surface area contributed by atoms with E-state index in [-0.39, 0.29) is 18.2 Å². The number of carbonyl (C=O) groups excluding carboxylic acids is 1. The van der Waals surface area contributed by atoms with Gasteiger partial charge >= 0.3 is 0 Å². The van der Waals surface area contributed by atoms with Crippen LogP contribution in [0.15, 0.2) is 24.3 Å². The largest absolute Gasteiger partial charge is 0.351 e. The lowest BCUT2D eigenvalue weighted by Crippen LogP contribution is -2.28. The van der Waals surface area contributed by atoms with E-state index >= 15 is 0 Å². The Kier molecular flexibility index (Phi) is 4.47. The molecule has 1 aromatic carbocycles. The predicted molar refractivity (Wildman–Crippen MR) is 66.3 cm³/mol. The molecule has 0 aliphatic heterocycles. The van der Waals surface area contributed by atoms with Crippen LogP contribution in [-0.4, -0.2) is 32.9 Å². The molecule has 94 valence electrons. The number of amides is 1. The molecule has 0 saturated heterocycles. The van der Waals surface area contributed by atoms with Gasteiger partial charge in [-0.1, -0.05) is 0 Å². The molecule has 4 N–H and O–H groups in total. The molecule has 0 aliphatic carbocycles. The standard InChI is InChI=1S/C10H15N3O3S/c1-17(15,16)7-6-12-10(14)8-2-4-9(13-11)5-3-8/h2-5,13H,6-7,11H2,1H3,(H,12,14). The molecule has 0 radical (unpaired) electrons. The zero-order valence-electron chi connectivity index (χ0n) is 9.43. The third-order valence-corrected chi connectivity index (χ3v) is 3.02. The summed E-state index contributed by atoms with van der Waals surface area (Å²) in [5.41, 5.74) is 3.59. The highest BCUT2D eigenvalue weighted by atomic mass is 32.2. The van der Waals surface area contributed by atoms with E-state index in [1.54, 1.807) is 24.3 Å². The van der Waals surface area contributed by atoms with Crippen LogP contribution < -0.4 is 16.6 Å². The minimum Gasteiger partial charge on any atom is -0.351 e. The number of hydrogen-bond acceptors (Lipinski definition) is 5. The lowest BCUT2D eigenvalue weighted by atomic mass is 10.2. The molecular formula is C10H15N3O3S. The first-order valence-electron chi connectivity index (χ1n) is 4.95. The molecule has 1 rings (SSSR count). The van der Waals surface area contributed by atoms with Crippen molar-refractivity contribution < 1.29 is 13.2 Å². The normalized spacial score (nSPS) is 10.9. The molecule has 1 aromatic rings. The van der Waals surface area contributed by atoms with Crippen LogP contribution in [-0.2, 0) is 9.84 Å². The number of nitrogens with one attached hydrogen (secondary N) is 2. The number of hydrazine groups is 1. The van der Waals surface area contributed by atoms with Gasteiger partial charge in [0.1, 0.15) is 9.84 Å². The van der Waals surface area contributed by atoms with Crippen LogP contribution in [0, 0.1) is 0 Å². The monoisotopic (exact) mass is 257 g/mol. The van der Waals surface area contributed by atoms with Crippen LogP contribution in [0.5, 0.6) is 0 Å². The van der Waals surface area contributed by atoms with E-state index in [0.29, 0.717) is 11.3 Å². The van der Waals surface area contributed by atoms with Crippen molar-refractivity contribution in [2.75, 3.05) is 24.0 Å². The minimum atomic E-state index is -3.05. The van der Waals surface area contributed by atoms with E-state index in [1.807, 2.05) is 0 Å². The molecule has 6 nitrogen and oxygen atoms in total. The molecule has 0 aromatic heterocycles. The zero-order valence-corrected chi connectivity index (χ0v) is 10.3. The zero-order chi connectivity index (χ0) is 12.9. The van der Waals surface area contributed by atoms with E-state index < -0.39 is 9.84 Å². The van der Waals surface area contributed by atoms with Crippen molar-refractivity contribution in [2.45, 2.75) is 0 Å². The number of carbonyl (C=O) groups is 1. The summed E-state index contributed by atoms with van der Waals surface area (Å²) < 4.78 is 21.7. The molecule has 0 aliphatic rings. The second-order valence-corrected chi connectivity index (χ2v) is 5.87. The van der Waals surface area contributed by atoms with E-state index in [0.717, 1.165) is 6.26 Å². The van der Waals surface area contributed by atoms with Crippen molar-refractivity contribution in [1.29, 1.82) is 0 Å². The maximum atomic E-state index is 11.6. The predicted octanol–water partition coefficient (Wildman–Crippen LogP) is -0.253. The van der Waals surface area contributed by atoms with Crippen LogP contribution in [0.3, 0.4) is 0 Å². The second kappa shape index (κ2) is 5.65. The quantitative estimate of drug-likeness (QED) is 0.498. The number of nitrogen functional groups attached to an aromatic ring is 1. The molecule has 0 saturated carbocycles. The lowest BCUT2D eigenvalue weighted by molar-refractivity contribution is 0.0956. The maximum absolute atomic E-state index is 11.6. The first-order valence-corrected chi connectivity index (χ1v) is 7.01. The average molecular weight is 257 g/mol. The Morgan fingerprint density at radius 2 is 1.88 bits per heavy atom. The van der Waals surface area contributed by atoms with Gasteiger partial charge in [0.2, 0.25) is 0 Å². The molecule has 7 heteroatoms. The van der Waals surface area contributed by atoms with Crippen LogP contribution in [0.25, 0.3) is 0 Å². The van der Waals surface area contributed by atoms with Crippen molar-refractivity contribution in [3.63, 3.8) is 0 Å². The Labute approximate surface area is 100 Å². The summed E-state index contributed by atoms with van der Waals surface area (Å²) in [6.45, 7) is 0.106. The Morgan fingerprint density at radius 3 is 2.35 bits per heavy atom. The first-order chi connectivity index (χ1) is 7.92. The molecule has 0 fully saturated rings. The van der Waals surface area contributed by atoms with Crippen LogP contribution in [0.4, 0.5) is 5.69 Å². The molecule has 17 heavy (non-hydrogen) atoms. The van der Waals surface area contributed by atoms with Gasteiger partial charge in [-0.25, -0.2) is 8.42 Å². The van der Waals surface area contributed by atoms with E-state index in [9.17, 15) is 13.2 Å². The molecule has 0 atom stereocenters. The Hall–Kier alpha value is -1.60. The number of sulfone groups is 1. The summed E-state index contributed by atoms with van der Waals surface area (Å²) in [6, 6.07) is 6.52. The molecule has 0 unspecified atom stereocenters. The summed E-state index contributed by atoms with van der Waals surface area (Å²) in [7, 11) is -3.05. The van der Waals surface area contributed by atoms with Gasteiger partial charge in [-0.15, -0.1) is 0 Å². The molecule has 0 heterocycles. The van der Waals surface area contributed by atoms with Crippen molar-refractivity contribution in [3.05, 3.63) is 29.8 Å². The third-order valence-electron chi connectivity index (χ3n) is 2.07. The summed E-state index contributed by atoms with van der Waals surface area (Å²) in [5, 5.41) is 2.52. The van der Waals surface area contributed by atoms with Crippen molar-refractivity contribution in [2.24, 2.45) is 5.84 Å². The smallest absolute Gasteiger partial charge is 0.251 e. The van der Waals surface area contributed by atoms with Gasteiger partial charge in [-0.3, -0.25) is 10.6 Å². The molecule has 0 bridgehead atoms. The van der Waals surface area contributed by atoms with Gasteiger partial charge in [0.05, 0.1) is 5.75 Å². The van der Waals surface area contributed by atoms with Crippen molar-refractivity contribution >= 4 is 21.4 Å². The van der Waals surface area contributed by atoms with Crippen molar-refractivity contribution in [3.8, 4) is 0 Å². The minimum absolute atomic E-state index is 0.0683. The number of anilines is 1. The highest BCUT2D eigenvalue weighted by Gasteiger charge is 2.06. The van der Waals surface area contributed by atoms with Crippen LogP contribution in [0.1, 0.15) is 10.4 Å². The number of hydrogen-bond donors (Lipinski definition) is 3. The summed E-state index contributed by atoms with van der Waals surface area (Å²) in [6.07, 6.45) is 1.13. The highest BCUT2D eigenvalue weighted by Crippen LogP contribution is 2.07. The third kappa shape index (κ3) is 4.83. The second-order valence-electron chi connectivity index (χ2n) is 3.61. The topological polar surface area (TPSA) is 101 Å². The van der Waals surface area contributed by atoms with Crippen LogP contribution in [0.2, 0.25) is 0 Å². The Balaban J connectivity index is 2.52. The first kappa shape index (κ1) is 13.5. The van der Waals surface area contributed by atoms with Gasteiger partial charge in [0.15, 0.2) is 0 Å². The highest BCUT2D eigenvalue weighted by molar-refractivity contribution is 7.90. The van der Waals surface area contributed by atoms with Crippen molar-refractivity contribution in [1.82, 2.24) is 5.32 Å². The fourth-order valence-electron chi connectivity index (χ4n) is 1.17. The van der Waals surface area contributed by atoms with Gasteiger partial charge in [-0.05, 0) is 24.3 Å². The van der Waals surface area contributed by atoms with E-state index in [2.05, 4.69) is 10.7 Å². The van der Waals surface area contributed by atoms with E-state index in [1.165, 1.54) is 0 Å². The molecule has 1 amide bonds. The fraction of sp³-hybridized carbons (Fsp3) is 0.300. The molecular weight excluding hydrogens is 242 g/mol. The fourth-order valence-corrected chi connectivity index (χ4v) is 1.64. The van der Waals surface area contributed by atoms with Gasteiger partial charge < -0.3 is 10.7 Å². The number of nitrogens with two attached hydrogens (primary N) is 1. The summed E-state index contributed by atoms with van der Waals surface area (Å²) in [4.78, 5) is 11.6. The lowest BCUT2D eigenvalue weighted by Gasteiger charge is -2.05. The van der Waals surface area contributed by atoms with Gasteiger partial charge in [0, 0.05) is 24.1 Å². The number of benzene rings is 1. The maximum Gasteiger partial charge on any atom is 0.251 e. The Morgan fingerprint density at radius 1 is 1.29 bits per heavy atom. The summed E-state index contributed by atoms with van der Waals surface area (Å²) >= 11 is 0. The SMILES string of the molecule is CS(=O)(=O)CCNC(=O)c1ccc(NN)cc1. The number of rotatable bonds is 5. The van der Waals surface area contributed by atoms with Gasteiger partial charge in [0.25, 0.3) is 5.91 Å². The average Bonchev–Trinajstić information content (AvgIpc) is 2.27. The van der Waals surface area contributed by atoms with E-state index in [4.69, 9.17) is 5.84 Å². The van der Waals surface area contributed by atoms with Crippen LogP contribution >= 0.6 is 0 Å². The van der Waals surface area contributed by atoms with Gasteiger partial charge in [-0.2, -0.15) is 0 Å². The summed E-state index contributed by atoms with van der Waals surface area (Å²) in [5.74, 6) is 4.81.